The molecule has 0 radical (unpaired) electrons. The highest BCUT2D eigenvalue weighted by Crippen LogP contribution is 2.18. The van der Waals surface area contributed by atoms with Gasteiger partial charge in [-0.25, -0.2) is 0 Å². The van der Waals surface area contributed by atoms with E-state index >= 15 is 0 Å². The predicted octanol–water partition coefficient (Wildman–Crippen LogP) is 0.858. The molecule has 1 unspecified atom stereocenters. The summed E-state index contributed by atoms with van der Waals surface area (Å²) in [6.45, 7) is 0.451. The summed E-state index contributed by atoms with van der Waals surface area (Å²) >= 11 is 1.71. The number of nitrogens with one attached hydrogen (secondary N) is 3. The maximum absolute atomic E-state index is 12.1. The average molecular weight is 333 g/mol. The van der Waals surface area contributed by atoms with Gasteiger partial charge >= 0.3 is 0 Å². The Morgan fingerprint density at radius 1 is 1.43 bits per heavy atom. The van der Waals surface area contributed by atoms with Gasteiger partial charge in [0.25, 0.3) is 5.56 Å². The summed E-state index contributed by atoms with van der Waals surface area (Å²) in [5.74, 6) is 2.31. The molecule has 0 aliphatic carbocycles. The molecule has 0 saturated carbocycles. The normalized spacial score (nSPS) is 17.3. The molecule has 23 heavy (non-hydrogen) atoms. The lowest BCUT2D eigenvalue weighted by atomic mass is 10.1. The van der Waals surface area contributed by atoms with Gasteiger partial charge in [0, 0.05) is 29.8 Å². The van der Waals surface area contributed by atoms with Crippen LogP contribution in [0.1, 0.15) is 5.56 Å². The first-order chi connectivity index (χ1) is 11.2. The second kappa shape index (κ2) is 7.06. The molecule has 3 rings (SSSR count). The fourth-order valence-electron chi connectivity index (χ4n) is 2.55. The number of rotatable bonds is 5. The van der Waals surface area contributed by atoms with Crippen LogP contribution in [0.2, 0.25) is 0 Å². The highest BCUT2D eigenvalue weighted by molar-refractivity contribution is 7.99. The molecular weight excluding hydrogens is 314 g/mol. The van der Waals surface area contributed by atoms with Crippen molar-refractivity contribution < 1.29 is 9.53 Å². The average Bonchev–Trinajstić information content (AvgIpc) is 3.09. The Kier molecular flexibility index (Phi) is 4.88. The smallest absolute Gasteiger partial charge is 0.251 e. The Hall–Kier alpha value is -1.99. The molecular formula is C16H19N3O3S. The van der Waals surface area contributed by atoms with Gasteiger partial charge in [0.05, 0.1) is 18.7 Å². The molecule has 2 aromatic rings. The van der Waals surface area contributed by atoms with Gasteiger partial charge in [-0.2, -0.15) is 0 Å². The van der Waals surface area contributed by atoms with Crippen LogP contribution >= 0.6 is 11.8 Å². The number of fused-ring (bicyclic) bond motifs is 1. The number of aromatic amines is 1. The van der Waals surface area contributed by atoms with Crippen molar-refractivity contribution in [2.75, 3.05) is 25.3 Å². The van der Waals surface area contributed by atoms with Gasteiger partial charge in [-0.15, -0.1) is 11.8 Å². The third-order valence-electron chi connectivity index (χ3n) is 3.86. The number of aromatic nitrogens is 1. The molecule has 0 bridgehead atoms. The number of H-pyrrole nitrogens is 1. The van der Waals surface area contributed by atoms with Gasteiger partial charge in [0.1, 0.15) is 5.75 Å². The fraction of sp³-hybridized carbons (Fsp3) is 0.375. The van der Waals surface area contributed by atoms with Crippen molar-refractivity contribution in [1.82, 2.24) is 15.6 Å². The number of hydrogen-bond donors (Lipinski definition) is 3. The zero-order valence-corrected chi connectivity index (χ0v) is 13.7. The highest BCUT2D eigenvalue weighted by atomic mass is 32.2. The molecule has 0 spiro atoms. The number of pyridine rings is 1. The molecule has 1 amide bonds. The summed E-state index contributed by atoms with van der Waals surface area (Å²) < 4.78 is 5.16. The molecule has 1 aliphatic rings. The topological polar surface area (TPSA) is 83.2 Å². The lowest BCUT2D eigenvalue weighted by Crippen LogP contribution is -2.42. The van der Waals surface area contributed by atoms with Gasteiger partial charge in [0.15, 0.2) is 0 Å². The van der Waals surface area contributed by atoms with E-state index in [0.29, 0.717) is 24.3 Å². The molecule has 1 aromatic carbocycles. The minimum atomic E-state index is -0.130. The largest absolute Gasteiger partial charge is 0.497 e. The molecule has 7 heteroatoms. The van der Waals surface area contributed by atoms with E-state index in [9.17, 15) is 9.59 Å². The third-order valence-corrected chi connectivity index (χ3v) is 4.80. The minimum absolute atomic E-state index is 0.00282. The molecule has 122 valence electrons. The summed E-state index contributed by atoms with van der Waals surface area (Å²) in [7, 11) is 1.59. The van der Waals surface area contributed by atoms with Crippen molar-refractivity contribution >= 4 is 28.6 Å². The maximum Gasteiger partial charge on any atom is 0.251 e. The first-order valence-corrected chi connectivity index (χ1v) is 8.61. The van der Waals surface area contributed by atoms with E-state index in [4.69, 9.17) is 4.74 Å². The van der Waals surface area contributed by atoms with Crippen LogP contribution in [0.25, 0.3) is 10.9 Å². The molecule has 6 nitrogen and oxygen atoms in total. The SMILES string of the molecule is COc1ccc2cc(CCNC(=O)C3CSCN3)c(=O)[nH]c2c1. The Morgan fingerprint density at radius 2 is 2.30 bits per heavy atom. The number of carbonyl (C=O) groups is 1. The van der Waals surface area contributed by atoms with E-state index < -0.39 is 0 Å². The van der Waals surface area contributed by atoms with Crippen LogP contribution in [-0.4, -0.2) is 42.2 Å². The minimum Gasteiger partial charge on any atom is -0.497 e. The van der Waals surface area contributed by atoms with Crippen molar-refractivity contribution in [3.05, 3.63) is 40.2 Å². The van der Waals surface area contributed by atoms with Crippen molar-refractivity contribution in [1.29, 1.82) is 0 Å². The van der Waals surface area contributed by atoms with Gasteiger partial charge in [-0.3, -0.25) is 14.9 Å². The summed E-state index contributed by atoms with van der Waals surface area (Å²) in [6.07, 6.45) is 0.503. The number of carbonyl (C=O) groups excluding carboxylic acids is 1. The Bertz CT molecular complexity index is 769. The Labute approximate surface area is 138 Å². The first-order valence-electron chi connectivity index (χ1n) is 7.46. The second-order valence-corrected chi connectivity index (χ2v) is 6.42. The monoisotopic (exact) mass is 333 g/mol. The van der Waals surface area contributed by atoms with Crippen LogP contribution in [-0.2, 0) is 11.2 Å². The van der Waals surface area contributed by atoms with Crippen LogP contribution < -0.4 is 20.9 Å². The molecule has 1 aliphatic heterocycles. The van der Waals surface area contributed by atoms with Gasteiger partial charge < -0.3 is 15.0 Å². The van der Waals surface area contributed by atoms with Crippen LogP contribution in [0.3, 0.4) is 0 Å². The van der Waals surface area contributed by atoms with Crippen molar-refractivity contribution in [3.63, 3.8) is 0 Å². The summed E-state index contributed by atoms with van der Waals surface area (Å²) in [6, 6.07) is 7.30. The molecule has 2 heterocycles. The highest BCUT2D eigenvalue weighted by Gasteiger charge is 2.21. The Balaban J connectivity index is 1.66. The fourth-order valence-corrected chi connectivity index (χ4v) is 3.49. The summed E-state index contributed by atoms with van der Waals surface area (Å²) in [5.41, 5.74) is 1.28. The van der Waals surface area contributed by atoms with Crippen LogP contribution in [0.15, 0.2) is 29.1 Å². The molecule has 1 fully saturated rings. The molecule has 1 saturated heterocycles. The van der Waals surface area contributed by atoms with Crippen molar-refractivity contribution in [2.45, 2.75) is 12.5 Å². The number of methoxy groups -OCH3 is 1. The van der Waals surface area contributed by atoms with E-state index in [1.54, 1.807) is 24.9 Å². The standard InChI is InChI=1S/C16H19N3O3S/c1-22-12-3-2-10-6-11(15(20)19-13(10)7-12)4-5-17-16(21)14-8-23-9-18-14/h2-3,6-7,14,18H,4-5,8-9H2,1H3,(H,17,21)(H,19,20). The Morgan fingerprint density at radius 3 is 3.04 bits per heavy atom. The zero-order valence-electron chi connectivity index (χ0n) is 12.8. The number of hydrogen-bond acceptors (Lipinski definition) is 5. The van der Waals surface area contributed by atoms with E-state index in [-0.39, 0.29) is 17.5 Å². The van der Waals surface area contributed by atoms with E-state index in [2.05, 4.69) is 15.6 Å². The molecule has 3 N–H and O–H groups in total. The zero-order chi connectivity index (χ0) is 16.2. The molecule has 1 atom stereocenters. The van der Waals surface area contributed by atoms with E-state index in [1.807, 2.05) is 18.2 Å². The summed E-state index contributed by atoms with van der Waals surface area (Å²) in [5, 5.41) is 6.95. The third kappa shape index (κ3) is 3.68. The van der Waals surface area contributed by atoms with Crippen molar-refractivity contribution in [2.24, 2.45) is 0 Å². The number of thioether (sulfide) groups is 1. The number of amides is 1. The van der Waals surface area contributed by atoms with Crippen LogP contribution in [0.5, 0.6) is 5.75 Å². The lowest BCUT2D eigenvalue weighted by Gasteiger charge is -2.10. The predicted molar refractivity (Wildman–Crippen MR) is 92.1 cm³/mol. The van der Waals surface area contributed by atoms with Gasteiger partial charge in [-0.1, -0.05) is 0 Å². The second-order valence-electron chi connectivity index (χ2n) is 5.39. The van der Waals surface area contributed by atoms with E-state index in [1.165, 1.54) is 0 Å². The van der Waals surface area contributed by atoms with Crippen LogP contribution in [0, 0.1) is 0 Å². The van der Waals surface area contributed by atoms with E-state index in [0.717, 1.165) is 22.5 Å². The van der Waals surface area contributed by atoms with Crippen molar-refractivity contribution in [3.8, 4) is 5.75 Å². The first kappa shape index (κ1) is 15.9. The maximum atomic E-state index is 12.1. The van der Waals surface area contributed by atoms with Gasteiger partial charge in [0.2, 0.25) is 5.91 Å². The lowest BCUT2D eigenvalue weighted by molar-refractivity contribution is -0.122. The number of ether oxygens (including phenoxy) is 1. The number of benzene rings is 1. The van der Waals surface area contributed by atoms with Gasteiger partial charge in [-0.05, 0) is 30.0 Å². The van der Waals surface area contributed by atoms with Crippen LogP contribution in [0.4, 0.5) is 0 Å². The molecule has 1 aromatic heterocycles. The summed E-state index contributed by atoms with van der Waals surface area (Å²) in [4.78, 5) is 26.9. The quantitative estimate of drug-likeness (QED) is 0.756.